The molecule has 32 heavy (non-hydrogen) atoms. The molecule has 168 valence electrons. The lowest BCUT2D eigenvalue weighted by molar-refractivity contribution is -0.137. The molecule has 0 aliphatic heterocycles. The van der Waals surface area contributed by atoms with Gasteiger partial charge in [-0.05, 0) is 60.2 Å². The van der Waals surface area contributed by atoms with Crippen LogP contribution in [-0.4, -0.2) is 20.6 Å². The van der Waals surface area contributed by atoms with Crippen LogP contribution in [0.15, 0.2) is 72.8 Å². The smallest absolute Gasteiger partial charge is 0.322 e. The molecule has 5 nitrogen and oxygen atoms in total. The number of benzene rings is 3. The molecule has 0 unspecified atom stereocenters. The van der Waals surface area contributed by atoms with Crippen LogP contribution in [-0.2, 0) is 22.7 Å². The Morgan fingerprint density at radius 2 is 1.59 bits per heavy atom. The number of carbonyl (C=O) groups excluding carboxylic acids is 1. The highest BCUT2D eigenvalue weighted by Gasteiger charge is 2.30. The van der Waals surface area contributed by atoms with Crippen LogP contribution in [0.25, 0.3) is 0 Å². The van der Waals surface area contributed by atoms with Crippen LogP contribution < -0.4 is 9.62 Å². The second-order valence-electron chi connectivity index (χ2n) is 6.98. The number of hydrogen-bond acceptors (Lipinski definition) is 3. The summed E-state index contributed by atoms with van der Waals surface area (Å²) in [5.41, 5.74) is 0.0373. The van der Waals surface area contributed by atoms with E-state index in [0.29, 0.717) is 5.56 Å². The molecule has 1 amide bonds. The first-order chi connectivity index (χ1) is 14.9. The molecule has 0 aliphatic rings. The van der Waals surface area contributed by atoms with E-state index in [0.717, 1.165) is 22.7 Å². The molecule has 1 N–H and O–H groups in total. The maximum atomic E-state index is 13.1. The van der Waals surface area contributed by atoms with Crippen LogP contribution in [0.5, 0.6) is 0 Å². The molecule has 0 bridgehead atoms. The number of halogens is 4. The summed E-state index contributed by atoms with van der Waals surface area (Å²) < 4.78 is 77.2. The monoisotopic (exact) mass is 466 g/mol. The zero-order valence-electron chi connectivity index (χ0n) is 16.7. The first-order valence-electron chi connectivity index (χ1n) is 9.24. The molecule has 0 radical (unpaired) electrons. The van der Waals surface area contributed by atoms with Gasteiger partial charge in [-0.15, -0.1) is 0 Å². The molecule has 3 rings (SSSR count). The number of hydrogen-bond donors (Lipinski definition) is 1. The van der Waals surface area contributed by atoms with Gasteiger partial charge in [0.25, 0.3) is 5.91 Å². The Bertz CT molecular complexity index is 1210. The normalized spacial score (nSPS) is 11.8. The standard InChI is InChI=1S/C22H18F4N2O3S/c1-32(30,31)28(14-15-5-9-18(23)10-6-15)20-11-7-16(8-12-20)21(29)27-19-4-2-3-17(13-19)22(24,25)26/h2-13H,14H2,1H3,(H,27,29). The maximum absolute atomic E-state index is 13.1. The molecule has 0 saturated carbocycles. The minimum absolute atomic E-state index is 0.0250. The van der Waals surface area contributed by atoms with Gasteiger partial charge in [-0.3, -0.25) is 9.10 Å². The minimum atomic E-state index is -4.54. The van der Waals surface area contributed by atoms with Gasteiger partial charge in [-0.25, -0.2) is 12.8 Å². The second-order valence-corrected chi connectivity index (χ2v) is 8.88. The zero-order valence-corrected chi connectivity index (χ0v) is 17.5. The third-order valence-electron chi connectivity index (χ3n) is 4.51. The third kappa shape index (κ3) is 5.85. The molecule has 0 heterocycles. The maximum Gasteiger partial charge on any atom is 0.416 e. The Labute approximate surface area is 182 Å². The Balaban J connectivity index is 1.79. The van der Waals surface area contributed by atoms with E-state index in [2.05, 4.69) is 5.32 Å². The molecular weight excluding hydrogens is 448 g/mol. The zero-order chi connectivity index (χ0) is 23.5. The largest absolute Gasteiger partial charge is 0.416 e. The number of alkyl halides is 3. The van der Waals surface area contributed by atoms with E-state index < -0.39 is 33.5 Å². The number of nitrogens with zero attached hydrogens (tertiary/aromatic N) is 1. The van der Waals surface area contributed by atoms with Gasteiger partial charge in [0, 0.05) is 11.3 Å². The summed E-state index contributed by atoms with van der Waals surface area (Å²) in [7, 11) is -3.69. The topological polar surface area (TPSA) is 66.5 Å². The van der Waals surface area contributed by atoms with E-state index in [9.17, 15) is 30.8 Å². The van der Waals surface area contributed by atoms with Gasteiger partial charge >= 0.3 is 6.18 Å². The van der Waals surface area contributed by atoms with Gasteiger partial charge in [0.05, 0.1) is 24.1 Å². The van der Waals surface area contributed by atoms with Crippen LogP contribution in [0, 0.1) is 5.82 Å². The van der Waals surface area contributed by atoms with Crippen LogP contribution in [0.3, 0.4) is 0 Å². The summed E-state index contributed by atoms with van der Waals surface area (Å²) >= 11 is 0. The second kappa shape index (κ2) is 8.99. The summed E-state index contributed by atoms with van der Waals surface area (Å²) in [5.74, 6) is -1.10. The van der Waals surface area contributed by atoms with Gasteiger partial charge in [0.2, 0.25) is 10.0 Å². The van der Waals surface area contributed by atoms with E-state index in [4.69, 9.17) is 0 Å². The first kappa shape index (κ1) is 23.3. The van der Waals surface area contributed by atoms with Crippen molar-refractivity contribution in [3.63, 3.8) is 0 Å². The van der Waals surface area contributed by atoms with Crippen molar-refractivity contribution in [3.05, 3.63) is 95.3 Å². The lowest BCUT2D eigenvalue weighted by atomic mass is 10.1. The summed E-state index contributed by atoms with van der Waals surface area (Å²) in [5, 5.41) is 2.39. The van der Waals surface area contributed by atoms with Crippen molar-refractivity contribution in [2.75, 3.05) is 15.9 Å². The fourth-order valence-corrected chi connectivity index (χ4v) is 3.80. The molecule has 0 aromatic heterocycles. The molecule has 3 aromatic rings. The molecule has 0 aliphatic carbocycles. The molecule has 10 heteroatoms. The van der Waals surface area contributed by atoms with E-state index in [1.165, 1.54) is 60.7 Å². The van der Waals surface area contributed by atoms with E-state index in [1.54, 1.807) is 0 Å². The Kier molecular flexibility index (Phi) is 6.54. The number of rotatable bonds is 6. The Morgan fingerprint density at radius 1 is 0.969 bits per heavy atom. The SMILES string of the molecule is CS(=O)(=O)N(Cc1ccc(F)cc1)c1ccc(C(=O)Nc2cccc(C(F)(F)F)c2)cc1. The minimum Gasteiger partial charge on any atom is -0.322 e. The van der Waals surface area contributed by atoms with Crippen LogP contribution >= 0.6 is 0 Å². The molecule has 3 aromatic carbocycles. The van der Waals surface area contributed by atoms with E-state index in [-0.39, 0.29) is 23.5 Å². The van der Waals surface area contributed by atoms with E-state index >= 15 is 0 Å². The molecule has 0 fully saturated rings. The van der Waals surface area contributed by atoms with Crippen molar-refractivity contribution in [2.24, 2.45) is 0 Å². The highest BCUT2D eigenvalue weighted by Crippen LogP contribution is 2.31. The summed E-state index contributed by atoms with van der Waals surface area (Å²) in [4.78, 5) is 12.4. The number of sulfonamides is 1. The van der Waals surface area contributed by atoms with Crippen molar-refractivity contribution in [3.8, 4) is 0 Å². The highest BCUT2D eigenvalue weighted by atomic mass is 32.2. The summed E-state index contributed by atoms with van der Waals surface area (Å²) in [6.45, 7) is -0.0467. The van der Waals surface area contributed by atoms with Gasteiger partial charge < -0.3 is 5.32 Å². The predicted molar refractivity (Wildman–Crippen MR) is 113 cm³/mol. The van der Waals surface area contributed by atoms with Crippen molar-refractivity contribution in [1.29, 1.82) is 0 Å². The third-order valence-corrected chi connectivity index (χ3v) is 5.65. The van der Waals surface area contributed by atoms with Crippen LogP contribution in [0.4, 0.5) is 28.9 Å². The van der Waals surface area contributed by atoms with Crippen molar-refractivity contribution < 1.29 is 30.8 Å². The molecular formula is C22H18F4N2O3S. The molecule has 0 saturated heterocycles. The van der Waals surface area contributed by atoms with Gasteiger partial charge in [-0.1, -0.05) is 18.2 Å². The van der Waals surface area contributed by atoms with Crippen molar-refractivity contribution >= 4 is 27.3 Å². The number of anilines is 2. The highest BCUT2D eigenvalue weighted by molar-refractivity contribution is 7.92. The molecule has 0 atom stereocenters. The molecule has 0 spiro atoms. The van der Waals surface area contributed by atoms with Gasteiger partial charge in [-0.2, -0.15) is 13.2 Å². The average molecular weight is 466 g/mol. The summed E-state index contributed by atoms with van der Waals surface area (Å²) in [6.07, 6.45) is -3.52. The van der Waals surface area contributed by atoms with Gasteiger partial charge in [0.15, 0.2) is 0 Å². The summed E-state index contributed by atoms with van der Waals surface area (Å²) in [6, 6.07) is 15.1. The first-order valence-corrected chi connectivity index (χ1v) is 11.1. The Hall–Kier alpha value is -3.40. The van der Waals surface area contributed by atoms with Crippen LogP contribution in [0.2, 0.25) is 0 Å². The number of amides is 1. The van der Waals surface area contributed by atoms with Crippen molar-refractivity contribution in [2.45, 2.75) is 12.7 Å². The number of nitrogens with one attached hydrogen (secondary N) is 1. The average Bonchev–Trinajstić information content (AvgIpc) is 2.72. The lowest BCUT2D eigenvalue weighted by Crippen LogP contribution is -2.29. The van der Waals surface area contributed by atoms with Crippen molar-refractivity contribution in [1.82, 2.24) is 0 Å². The number of carbonyl (C=O) groups is 1. The quantitative estimate of drug-likeness (QED) is 0.517. The fourth-order valence-electron chi connectivity index (χ4n) is 2.91. The lowest BCUT2D eigenvalue weighted by Gasteiger charge is -2.22. The fraction of sp³-hybridized carbons (Fsp3) is 0.136. The van der Waals surface area contributed by atoms with Gasteiger partial charge in [0.1, 0.15) is 5.82 Å². The van der Waals surface area contributed by atoms with Crippen LogP contribution in [0.1, 0.15) is 21.5 Å². The van der Waals surface area contributed by atoms with E-state index in [1.807, 2.05) is 0 Å². The Morgan fingerprint density at radius 3 is 2.16 bits per heavy atom. The predicted octanol–water partition coefficient (Wildman–Crippen LogP) is 5.06.